The second kappa shape index (κ2) is 6.54. The zero-order chi connectivity index (χ0) is 17.1. The van der Waals surface area contributed by atoms with Gasteiger partial charge < -0.3 is 16.0 Å². The quantitative estimate of drug-likeness (QED) is 0.805. The van der Waals surface area contributed by atoms with Crippen LogP contribution in [-0.4, -0.2) is 17.7 Å². The van der Waals surface area contributed by atoms with Gasteiger partial charge in [-0.2, -0.15) is 0 Å². The molecule has 1 heterocycles. The van der Waals surface area contributed by atoms with Crippen molar-refractivity contribution in [1.82, 2.24) is 5.32 Å². The Morgan fingerprint density at radius 1 is 1.17 bits per heavy atom. The molecule has 24 heavy (non-hydrogen) atoms. The van der Waals surface area contributed by atoms with Gasteiger partial charge in [-0.1, -0.05) is 18.2 Å². The molecule has 0 aromatic heterocycles. The first-order chi connectivity index (χ1) is 11.5. The fourth-order valence-corrected chi connectivity index (χ4v) is 2.62. The highest BCUT2D eigenvalue weighted by Crippen LogP contribution is 2.23. The van der Waals surface area contributed by atoms with Crippen molar-refractivity contribution in [3.8, 4) is 0 Å². The minimum absolute atomic E-state index is 0.0130. The Hall–Kier alpha value is -3.15. The van der Waals surface area contributed by atoms with Crippen molar-refractivity contribution < 1.29 is 14.4 Å². The van der Waals surface area contributed by atoms with Crippen LogP contribution in [0.5, 0.6) is 0 Å². The number of carbonyl (C=O) groups is 3. The molecular weight excluding hydrogens is 306 g/mol. The highest BCUT2D eigenvalue weighted by atomic mass is 16.2. The average molecular weight is 323 g/mol. The average Bonchev–Trinajstić information content (AvgIpc) is 2.91. The number of rotatable bonds is 4. The van der Waals surface area contributed by atoms with Gasteiger partial charge in [-0.05, 0) is 35.4 Å². The van der Waals surface area contributed by atoms with Crippen LogP contribution in [0.3, 0.4) is 0 Å². The van der Waals surface area contributed by atoms with Crippen molar-refractivity contribution in [2.45, 2.75) is 19.9 Å². The molecule has 0 aliphatic carbocycles. The van der Waals surface area contributed by atoms with Gasteiger partial charge in [0, 0.05) is 30.4 Å². The minimum Gasteiger partial charge on any atom is -0.348 e. The molecule has 0 saturated carbocycles. The lowest BCUT2D eigenvalue weighted by Crippen LogP contribution is -2.23. The van der Waals surface area contributed by atoms with Crippen LogP contribution in [-0.2, 0) is 22.6 Å². The third-order valence-electron chi connectivity index (χ3n) is 3.69. The van der Waals surface area contributed by atoms with Crippen LogP contribution in [0.15, 0.2) is 42.5 Å². The Morgan fingerprint density at radius 2 is 2.00 bits per heavy atom. The van der Waals surface area contributed by atoms with Crippen molar-refractivity contribution in [2.75, 3.05) is 10.6 Å². The van der Waals surface area contributed by atoms with E-state index in [1.54, 1.807) is 24.3 Å². The first kappa shape index (κ1) is 15.7. The predicted molar refractivity (Wildman–Crippen MR) is 90.7 cm³/mol. The van der Waals surface area contributed by atoms with E-state index < -0.39 is 0 Å². The molecule has 0 atom stereocenters. The van der Waals surface area contributed by atoms with Crippen LogP contribution in [0.1, 0.15) is 28.4 Å². The number of benzene rings is 2. The number of anilines is 2. The van der Waals surface area contributed by atoms with Gasteiger partial charge in [0.15, 0.2) is 0 Å². The van der Waals surface area contributed by atoms with E-state index in [1.165, 1.54) is 6.92 Å². The molecule has 0 saturated heterocycles. The van der Waals surface area contributed by atoms with E-state index in [9.17, 15) is 14.4 Å². The van der Waals surface area contributed by atoms with Crippen molar-refractivity contribution in [2.24, 2.45) is 0 Å². The number of hydrogen-bond acceptors (Lipinski definition) is 3. The summed E-state index contributed by atoms with van der Waals surface area (Å²) in [5.74, 6) is -0.424. The fourth-order valence-electron chi connectivity index (χ4n) is 2.62. The number of carbonyl (C=O) groups excluding carboxylic acids is 3. The summed E-state index contributed by atoms with van der Waals surface area (Å²) in [5.41, 5.74) is 3.76. The summed E-state index contributed by atoms with van der Waals surface area (Å²) in [6.07, 6.45) is 0.371. The summed E-state index contributed by atoms with van der Waals surface area (Å²) < 4.78 is 0. The number of hydrogen-bond donors (Lipinski definition) is 3. The van der Waals surface area contributed by atoms with E-state index >= 15 is 0 Å². The molecular formula is C18H17N3O3. The van der Waals surface area contributed by atoms with Crippen LogP contribution in [0.2, 0.25) is 0 Å². The largest absolute Gasteiger partial charge is 0.348 e. The topological polar surface area (TPSA) is 87.3 Å². The molecule has 0 unspecified atom stereocenters. The first-order valence-corrected chi connectivity index (χ1v) is 7.59. The fraction of sp³-hybridized carbons (Fsp3) is 0.167. The Balaban J connectivity index is 1.65. The normalized spacial score (nSPS) is 12.3. The molecule has 6 nitrogen and oxygen atoms in total. The molecule has 0 bridgehead atoms. The molecule has 0 radical (unpaired) electrons. The van der Waals surface area contributed by atoms with Gasteiger partial charge in [-0.25, -0.2) is 0 Å². The smallest absolute Gasteiger partial charge is 0.251 e. The summed E-state index contributed by atoms with van der Waals surface area (Å²) >= 11 is 0. The highest BCUT2D eigenvalue weighted by molar-refractivity contribution is 5.99. The van der Waals surface area contributed by atoms with Crippen molar-refractivity contribution in [1.29, 1.82) is 0 Å². The van der Waals surface area contributed by atoms with E-state index in [0.29, 0.717) is 24.2 Å². The van der Waals surface area contributed by atoms with Crippen LogP contribution in [0.4, 0.5) is 11.4 Å². The van der Waals surface area contributed by atoms with Crippen LogP contribution >= 0.6 is 0 Å². The van der Waals surface area contributed by atoms with Gasteiger partial charge in [-0.3, -0.25) is 14.4 Å². The van der Waals surface area contributed by atoms with Gasteiger partial charge in [0.05, 0.1) is 6.42 Å². The third kappa shape index (κ3) is 3.60. The maximum atomic E-state index is 12.3. The molecule has 122 valence electrons. The molecule has 0 fully saturated rings. The molecule has 3 N–H and O–H groups in total. The van der Waals surface area contributed by atoms with Gasteiger partial charge in [0.2, 0.25) is 11.8 Å². The van der Waals surface area contributed by atoms with Gasteiger partial charge in [0.1, 0.15) is 0 Å². The molecule has 3 amide bonds. The van der Waals surface area contributed by atoms with Crippen molar-refractivity contribution >= 4 is 29.1 Å². The van der Waals surface area contributed by atoms with Gasteiger partial charge in [0.25, 0.3) is 5.91 Å². The molecule has 2 aromatic carbocycles. The Kier molecular flexibility index (Phi) is 4.29. The Morgan fingerprint density at radius 3 is 2.79 bits per heavy atom. The summed E-state index contributed by atoms with van der Waals surface area (Å²) in [7, 11) is 0. The standard InChI is InChI=1S/C18H17N3O3/c1-11(22)20-15-4-2-3-13(8-15)18(24)19-10-12-5-6-16-14(7-12)9-17(23)21-16/h2-8H,9-10H2,1H3,(H,19,24)(H,20,22)(H,21,23). The highest BCUT2D eigenvalue weighted by Gasteiger charge is 2.17. The SMILES string of the molecule is CC(=O)Nc1cccc(C(=O)NCc2ccc3c(c2)CC(=O)N3)c1. The molecule has 0 spiro atoms. The zero-order valence-electron chi connectivity index (χ0n) is 13.2. The lowest BCUT2D eigenvalue weighted by Gasteiger charge is -2.08. The molecule has 6 heteroatoms. The van der Waals surface area contributed by atoms with Crippen molar-refractivity contribution in [3.63, 3.8) is 0 Å². The van der Waals surface area contributed by atoms with Gasteiger partial charge >= 0.3 is 0 Å². The second-order valence-electron chi connectivity index (χ2n) is 5.66. The van der Waals surface area contributed by atoms with Crippen LogP contribution < -0.4 is 16.0 Å². The number of fused-ring (bicyclic) bond motifs is 1. The summed E-state index contributed by atoms with van der Waals surface area (Å²) in [6, 6.07) is 12.4. The lowest BCUT2D eigenvalue weighted by molar-refractivity contribution is -0.115. The number of amides is 3. The summed E-state index contributed by atoms with van der Waals surface area (Å²) in [4.78, 5) is 34.7. The lowest BCUT2D eigenvalue weighted by atomic mass is 10.1. The number of nitrogens with one attached hydrogen (secondary N) is 3. The Labute approximate surface area is 139 Å². The first-order valence-electron chi connectivity index (χ1n) is 7.59. The Bertz CT molecular complexity index is 830. The van der Waals surface area contributed by atoms with Crippen LogP contribution in [0.25, 0.3) is 0 Å². The van der Waals surface area contributed by atoms with E-state index in [1.807, 2.05) is 18.2 Å². The van der Waals surface area contributed by atoms with Crippen LogP contribution in [0, 0.1) is 0 Å². The summed E-state index contributed by atoms with van der Waals surface area (Å²) in [5, 5.41) is 8.27. The molecule has 1 aliphatic rings. The maximum Gasteiger partial charge on any atom is 0.251 e. The molecule has 1 aliphatic heterocycles. The summed E-state index contributed by atoms with van der Waals surface area (Å²) in [6.45, 7) is 1.78. The van der Waals surface area contributed by atoms with E-state index in [0.717, 1.165) is 16.8 Å². The van der Waals surface area contributed by atoms with E-state index in [-0.39, 0.29) is 17.7 Å². The molecule has 3 rings (SSSR count). The zero-order valence-corrected chi connectivity index (χ0v) is 13.2. The van der Waals surface area contributed by atoms with E-state index in [2.05, 4.69) is 16.0 Å². The molecule has 2 aromatic rings. The third-order valence-corrected chi connectivity index (χ3v) is 3.69. The second-order valence-corrected chi connectivity index (χ2v) is 5.66. The van der Waals surface area contributed by atoms with Crippen molar-refractivity contribution in [3.05, 3.63) is 59.2 Å². The van der Waals surface area contributed by atoms with E-state index in [4.69, 9.17) is 0 Å². The monoisotopic (exact) mass is 323 g/mol. The predicted octanol–water partition coefficient (Wildman–Crippen LogP) is 2.07. The van der Waals surface area contributed by atoms with Gasteiger partial charge in [-0.15, -0.1) is 0 Å². The maximum absolute atomic E-state index is 12.3. The minimum atomic E-state index is -0.225.